The highest BCUT2D eigenvalue weighted by Gasteiger charge is 2.32. The molecule has 0 bridgehead atoms. The van der Waals surface area contributed by atoms with E-state index in [2.05, 4.69) is 4.72 Å². The number of hydrogen-bond donors (Lipinski definition) is 1. The molecule has 8 heteroatoms. The van der Waals surface area contributed by atoms with E-state index in [1.54, 1.807) is 0 Å². The molecule has 1 aromatic rings. The third-order valence-corrected chi connectivity index (χ3v) is 3.73. The van der Waals surface area contributed by atoms with E-state index in [9.17, 15) is 21.6 Å². The lowest BCUT2D eigenvalue weighted by Crippen LogP contribution is -2.29. The molecule has 0 saturated heterocycles. The van der Waals surface area contributed by atoms with Crippen LogP contribution in [-0.4, -0.2) is 26.8 Å². The van der Waals surface area contributed by atoms with E-state index >= 15 is 0 Å². The Bertz CT molecular complexity index is 539. The predicted octanol–water partition coefficient (Wildman–Crippen LogP) is 2.23. The molecule has 18 heavy (non-hydrogen) atoms. The minimum atomic E-state index is -4.51. The molecule has 1 rings (SSSR count). The summed E-state index contributed by atoms with van der Waals surface area (Å²) in [5.41, 5.74) is -0.946. The van der Waals surface area contributed by atoms with Gasteiger partial charge >= 0.3 is 16.4 Å². The summed E-state index contributed by atoms with van der Waals surface area (Å²) in [6.07, 6.45) is -4.51. The normalized spacial score (nSPS) is 12.8. The van der Waals surface area contributed by atoms with Gasteiger partial charge in [0.25, 0.3) is 0 Å². The molecule has 4 nitrogen and oxygen atoms in total. The second kappa shape index (κ2) is 4.77. The number of aryl methyl sites for hydroxylation is 1. The molecule has 1 aromatic carbocycles. The number of benzene rings is 1. The van der Waals surface area contributed by atoms with Crippen LogP contribution in [0, 0.1) is 6.92 Å². The summed E-state index contributed by atoms with van der Waals surface area (Å²) in [6.45, 7) is 1.31. The van der Waals surface area contributed by atoms with E-state index in [0.717, 1.165) is 10.4 Å². The van der Waals surface area contributed by atoms with Crippen molar-refractivity contribution in [3.05, 3.63) is 29.3 Å². The standard InChI is InChI=1S/C10H13F3N2O2S/c1-7-4-5-8(6-9(7)10(11,12)13)14-18(16,17)15(2)3/h4-6,14H,1-3H3. The first-order valence-corrected chi connectivity index (χ1v) is 6.36. The van der Waals surface area contributed by atoms with Gasteiger partial charge in [-0.25, -0.2) is 0 Å². The van der Waals surface area contributed by atoms with Crippen molar-refractivity contribution < 1.29 is 21.6 Å². The summed E-state index contributed by atoms with van der Waals surface area (Å²) in [7, 11) is -1.25. The zero-order chi connectivity index (χ0) is 14.1. The molecular formula is C10H13F3N2O2S. The largest absolute Gasteiger partial charge is 0.416 e. The highest BCUT2D eigenvalue weighted by Crippen LogP contribution is 2.33. The molecule has 0 saturated carbocycles. The Labute approximate surface area is 104 Å². The van der Waals surface area contributed by atoms with Gasteiger partial charge in [-0.1, -0.05) is 6.07 Å². The third-order valence-electron chi connectivity index (χ3n) is 2.27. The summed E-state index contributed by atoms with van der Waals surface area (Å²) in [4.78, 5) is 0. The minimum absolute atomic E-state index is 0.0373. The van der Waals surface area contributed by atoms with Gasteiger partial charge in [0, 0.05) is 14.1 Å². The number of hydrogen-bond acceptors (Lipinski definition) is 2. The SMILES string of the molecule is Cc1ccc(NS(=O)(=O)N(C)C)cc1C(F)(F)F. The van der Waals surface area contributed by atoms with E-state index in [-0.39, 0.29) is 11.3 Å². The first-order chi connectivity index (χ1) is 8.04. The van der Waals surface area contributed by atoms with Crippen molar-refractivity contribution in [1.29, 1.82) is 0 Å². The molecule has 0 aliphatic heterocycles. The van der Waals surface area contributed by atoms with Gasteiger partial charge < -0.3 is 0 Å². The molecule has 0 unspecified atom stereocenters. The number of anilines is 1. The third kappa shape index (κ3) is 3.36. The average molecular weight is 282 g/mol. The van der Waals surface area contributed by atoms with Crippen LogP contribution >= 0.6 is 0 Å². The number of rotatable bonds is 3. The Morgan fingerprint density at radius 3 is 2.22 bits per heavy atom. The van der Waals surface area contributed by atoms with Crippen molar-refractivity contribution >= 4 is 15.9 Å². The summed E-state index contributed by atoms with van der Waals surface area (Å²) in [6, 6.07) is 3.28. The van der Waals surface area contributed by atoms with E-state index in [1.807, 2.05) is 0 Å². The van der Waals surface area contributed by atoms with Crippen LogP contribution < -0.4 is 4.72 Å². The summed E-state index contributed by atoms with van der Waals surface area (Å²) >= 11 is 0. The van der Waals surface area contributed by atoms with Gasteiger partial charge in [-0.05, 0) is 24.6 Å². The van der Waals surface area contributed by atoms with Gasteiger partial charge in [0.05, 0.1) is 11.3 Å². The topological polar surface area (TPSA) is 49.4 Å². The number of nitrogens with zero attached hydrogens (tertiary/aromatic N) is 1. The van der Waals surface area contributed by atoms with Gasteiger partial charge in [0.1, 0.15) is 0 Å². The predicted molar refractivity (Wildman–Crippen MR) is 62.4 cm³/mol. The number of alkyl halides is 3. The fraction of sp³-hybridized carbons (Fsp3) is 0.400. The van der Waals surface area contributed by atoms with E-state index in [0.29, 0.717) is 0 Å². The van der Waals surface area contributed by atoms with Crippen molar-refractivity contribution in [2.24, 2.45) is 0 Å². The summed E-state index contributed by atoms with van der Waals surface area (Å²) in [5.74, 6) is 0. The molecule has 102 valence electrons. The van der Waals surface area contributed by atoms with Crippen molar-refractivity contribution in [3.63, 3.8) is 0 Å². The van der Waals surface area contributed by atoms with Crippen LogP contribution in [0.1, 0.15) is 11.1 Å². The Morgan fingerprint density at radius 1 is 1.22 bits per heavy atom. The zero-order valence-electron chi connectivity index (χ0n) is 10.0. The van der Waals surface area contributed by atoms with Crippen LogP contribution in [0.3, 0.4) is 0 Å². The zero-order valence-corrected chi connectivity index (χ0v) is 10.9. The van der Waals surface area contributed by atoms with Crippen molar-refractivity contribution in [3.8, 4) is 0 Å². The highest BCUT2D eigenvalue weighted by atomic mass is 32.2. The number of nitrogens with one attached hydrogen (secondary N) is 1. The van der Waals surface area contributed by atoms with E-state index < -0.39 is 21.9 Å². The molecule has 0 heterocycles. The van der Waals surface area contributed by atoms with Crippen molar-refractivity contribution in [2.45, 2.75) is 13.1 Å². The molecule has 1 N–H and O–H groups in total. The lowest BCUT2D eigenvalue weighted by atomic mass is 10.1. The Hall–Kier alpha value is -1.28. The maximum atomic E-state index is 12.6. The van der Waals surface area contributed by atoms with Crippen LogP contribution in [0.25, 0.3) is 0 Å². The molecular weight excluding hydrogens is 269 g/mol. The lowest BCUT2D eigenvalue weighted by Gasteiger charge is -2.16. The van der Waals surface area contributed by atoms with E-state index in [4.69, 9.17) is 0 Å². The van der Waals surface area contributed by atoms with Crippen LogP contribution in [0.2, 0.25) is 0 Å². The van der Waals surface area contributed by atoms with Crippen molar-refractivity contribution in [1.82, 2.24) is 4.31 Å². The highest BCUT2D eigenvalue weighted by molar-refractivity contribution is 7.90. The van der Waals surface area contributed by atoms with Crippen molar-refractivity contribution in [2.75, 3.05) is 18.8 Å². The number of halogens is 3. The van der Waals surface area contributed by atoms with Gasteiger partial charge in [-0.3, -0.25) is 4.72 Å². The molecule has 0 atom stereocenters. The minimum Gasteiger partial charge on any atom is -0.271 e. The molecule has 0 aromatic heterocycles. The maximum Gasteiger partial charge on any atom is 0.416 e. The summed E-state index contributed by atoms with van der Waals surface area (Å²) < 4.78 is 63.8. The molecule has 0 amide bonds. The monoisotopic (exact) mass is 282 g/mol. The Kier molecular flexibility index (Phi) is 3.92. The van der Waals surface area contributed by atoms with Crippen LogP contribution in [0.5, 0.6) is 0 Å². The van der Waals surface area contributed by atoms with Gasteiger partial charge in [0.15, 0.2) is 0 Å². The summed E-state index contributed by atoms with van der Waals surface area (Å²) in [5, 5.41) is 0. The van der Waals surface area contributed by atoms with Gasteiger partial charge in [-0.2, -0.15) is 25.9 Å². The maximum absolute atomic E-state index is 12.6. The quantitative estimate of drug-likeness (QED) is 0.924. The second-order valence-electron chi connectivity index (χ2n) is 3.92. The average Bonchev–Trinajstić information content (AvgIpc) is 2.18. The Balaban J connectivity index is 3.15. The fourth-order valence-corrected chi connectivity index (χ4v) is 1.84. The molecule has 0 aliphatic rings. The smallest absolute Gasteiger partial charge is 0.271 e. The molecule has 0 fully saturated rings. The fourth-order valence-electron chi connectivity index (χ4n) is 1.23. The van der Waals surface area contributed by atoms with Crippen LogP contribution in [0.4, 0.5) is 18.9 Å². The van der Waals surface area contributed by atoms with Gasteiger partial charge in [-0.15, -0.1) is 0 Å². The van der Waals surface area contributed by atoms with Crippen LogP contribution in [-0.2, 0) is 16.4 Å². The lowest BCUT2D eigenvalue weighted by molar-refractivity contribution is -0.138. The van der Waals surface area contributed by atoms with Gasteiger partial charge in [0.2, 0.25) is 0 Å². The first-order valence-electron chi connectivity index (χ1n) is 4.92. The molecule has 0 spiro atoms. The molecule has 0 aliphatic carbocycles. The van der Waals surface area contributed by atoms with Crippen LogP contribution in [0.15, 0.2) is 18.2 Å². The van der Waals surface area contributed by atoms with E-state index in [1.165, 1.54) is 33.2 Å². The first kappa shape index (κ1) is 14.8. The molecule has 0 radical (unpaired) electrons. The second-order valence-corrected chi connectivity index (χ2v) is 5.80. The Morgan fingerprint density at radius 2 is 1.78 bits per heavy atom.